The number of halogens is 1. The lowest BCUT2D eigenvalue weighted by Crippen LogP contribution is -2.20. The van der Waals surface area contributed by atoms with Gasteiger partial charge < -0.3 is 5.32 Å². The smallest absolute Gasteiger partial charge is 0.156 e. The third kappa shape index (κ3) is 2.59. The number of nitrogens with zero attached hydrogens (tertiary/aromatic N) is 2. The molecule has 1 heterocycles. The highest BCUT2D eigenvalue weighted by atomic mass is 35.5. The Morgan fingerprint density at radius 2 is 1.90 bits per heavy atom. The maximum atomic E-state index is 6.04. The van der Waals surface area contributed by atoms with Crippen LogP contribution in [-0.4, -0.2) is 22.6 Å². The Labute approximate surface area is 124 Å². The summed E-state index contributed by atoms with van der Waals surface area (Å²) >= 11 is 6.04. The normalized spacial score (nSPS) is 22.3. The van der Waals surface area contributed by atoms with E-state index in [1.807, 2.05) is 19.1 Å². The van der Waals surface area contributed by atoms with Crippen molar-refractivity contribution in [3.05, 3.63) is 30.0 Å². The molecule has 0 amide bonds. The van der Waals surface area contributed by atoms with Gasteiger partial charge in [-0.2, -0.15) is 5.10 Å². The molecule has 1 fully saturated rings. The van der Waals surface area contributed by atoms with Crippen LogP contribution < -0.4 is 5.32 Å². The average molecular weight is 290 g/mol. The van der Waals surface area contributed by atoms with Gasteiger partial charge in [0.05, 0.1) is 5.69 Å². The highest BCUT2D eigenvalue weighted by Gasteiger charge is 2.26. The van der Waals surface area contributed by atoms with Crippen molar-refractivity contribution in [1.82, 2.24) is 10.2 Å². The Bertz CT molecular complexity index is 599. The maximum absolute atomic E-state index is 6.04. The minimum atomic E-state index is 0.647. The summed E-state index contributed by atoms with van der Waals surface area (Å²) in [6.45, 7) is 2.94. The summed E-state index contributed by atoms with van der Waals surface area (Å²) in [6, 6.07) is 8.29. The number of nitrogens with one attached hydrogen (secondary N) is 1. The summed E-state index contributed by atoms with van der Waals surface area (Å²) in [6.07, 6.45) is 3.82. The van der Waals surface area contributed by atoms with E-state index in [0.717, 1.165) is 29.3 Å². The minimum absolute atomic E-state index is 0.647. The van der Waals surface area contributed by atoms with E-state index in [9.17, 15) is 0 Å². The SMILES string of the molecule is Cc1nnc(NCC2CCCC2CCl)c2ccccc12. The second-order valence-corrected chi connectivity index (χ2v) is 5.97. The maximum Gasteiger partial charge on any atom is 0.156 e. The molecule has 1 aromatic heterocycles. The van der Waals surface area contributed by atoms with Gasteiger partial charge in [-0.15, -0.1) is 16.7 Å². The van der Waals surface area contributed by atoms with E-state index in [4.69, 9.17) is 11.6 Å². The molecule has 1 aromatic carbocycles. The van der Waals surface area contributed by atoms with Crippen molar-refractivity contribution < 1.29 is 0 Å². The van der Waals surface area contributed by atoms with Crippen LogP contribution in [0.25, 0.3) is 10.8 Å². The van der Waals surface area contributed by atoms with Gasteiger partial charge in [-0.3, -0.25) is 0 Å². The van der Waals surface area contributed by atoms with Crippen LogP contribution in [0.5, 0.6) is 0 Å². The second-order valence-electron chi connectivity index (χ2n) is 5.67. The lowest BCUT2D eigenvalue weighted by atomic mass is 9.98. The molecule has 2 unspecified atom stereocenters. The Balaban J connectivity index is 1.79. The van der Waals surface area contributed by atoms with Crippen molar-refractivity contribution in [2.75, 3.05) is 17.7 Å². The first kappa shape index (κ1) is 13.6. The van der Waals surface area contributed by atoms with Crippen molar-refractivity contribution in [3.8, 4) is 0 Å². The van der Waals surface area contributed by atoms with Crippen LogP contribution in [0.2, 0.25) is 0 Å². The molecule has 1 N–H and O–H groups in total. The molecule has 4 heteroatoms. The topological polar surface area (TPSA) is 37.8 Å². The molecule has 1 aliphatic rings. The van der Waals surface area contributed by atoms with Crippen molar-refractivity contribution in [3.63, 3.8) is 0 Å². The molecular formula is C16H20ClN3. The van der Waals surface area contributed by atoms with E-state index in [2.05, 4.69) is 27.6 Å². The van der Waals surface area contributed by atoms with Crippen molar-refractivity contribution in [2.45, 2.75) is 26.2 Å². The van der Waals surface area contributed by atoms with Crippen LogP contribution in [0.15, 0.2) is 24.3 Å². The fourth-order valence-corrected chi connectivity index (χ4v) is 3.59. The van der Waals surface area contributed by atoms with E-state index in [0.29, 0.717) is 11.8 Å². The van der Waals surface area contributed by atoms with Crippen molar-refractivity contribution in [2.24, 2.45) is 11.8 Å². The monoisotopic (exact) mass is 289 g/mol. The Morgan fingerprint density at radius 3 is 2.70 bits per heavy atom. The van der Waals surface area contributed by atoms with Gasteiger partial charge in [0.2, 0.25) is 0 Å². The molecule has 1 aliphatic carbocycles. The molecule has 2 atom stereocenters. The zero-order chi connectivity index (χ0) is 13.9. The fourth-order valence-electron chi connectivity index (χ4n) is 3.18. The fraction of sp³-hybridized carbons (Fsp3) is 0.500. The van der Waals surface area contributed by atoms with Gasteiger partial charge in [-0.05, 0) is 31.6 Å². The number of fused-ring (bicyclic) bond motifs is 1. The highest BCUT2D eigenvalue weighted by molar-refractivity contribution is 6.18. The van der Waals surface area contributed by atoms with E-state index in [1.165, 1.54) is 24.6 Å². The first-order chi connectivity index (χ1) is 9.79. The zero-order valence-corrected chi connectivity index (χ0v) is 12.5. The van der Waals surface area contributed by atoms with Crippen LogP contribution in [0.4, 0.5) is 5.82 Å². The lowest BCUT2D eigenvalue weighted by Gasteiger charge is -2.18. The van der Waals surface area contributed by atoms with Gasteiger partial charge in [0.15, 0.2) is 5.82 Å². The Hall–Kier alpha value is -1.35. The molecule has 2 aromatic rings. The first-order valence-electron chi connectivity index (χ1n) is 7.31. The van der Waals surface area contributed by atoms with Crippen LogP contribution in [-0.2, 0) is 0 Å². The van der Waals surface area contributed by atoms with Gasteiger partial charge in [0.25, 0.3) is 0 Å². The number of aromatic nitrogens is 2. The Kier molecular flexibility index (Phi) is 4.06. The molecule has 106 valence electrons. The summed E-state index contributed by atoms with van der Waals surface area (Å²) < 4.78 is 0. The van der Waals surface area contributed by atoms with Gasteiger partial charge in [0, 0.05) is 23.2 Å². The summed E-state index contributed by atoms with van der Waals surface area (Å²) in [5, 5.41) is 14.4. The third-order valence-corrected chi connectivity index (χ3v) is 4.81. The Morgan fingerprint density at radius 1 is 1.15 bits per heavy atom. The van der Waals surface area contributed by atoms with Crippen LogP contribution in [0.1, 0.15) is 25.0 Å². The summed E-state index contributed by atoms with van der Waals surface area (Å²) in [5.41, 5.74) is 0.977. The number of anilines is 1. The number of hydrogen-bond acceptors (Lipinski definition) is 3. The van der Waals surface area contributed by atoms with Gasteiger partial charge >= 0.3 is 0 Å². The van der Waals surface area contributed by atoms with Gasteiger partial charge in [-0.1, -0.05) is 30.7 Å². The van der Waals surface area contributed by atoms with E-state index in [1.54, 1.807) is 0 Å². The lowest BCUT2D eigenvalue weighted by molar-refractivity contribution is 0.444. The summed E-state index contributed by atoms with van der Waals surface area (Å²) in [7, 11) is 0. The predicted octanol–water partition coefficient (Wildman–Crippen LogP) is 4.01. The molecular weight excluding hydrogens is 270 g/mol. The van der Waals surface area contributed by atoms with E-state index >= 15 is 0 Å². The number of hydrogen-bond donors (Lipinski definition) is 1. The van der Waals surface area contributed by atoms with Crippen LogP contribution in [0, 0.1) is 18.8 Å². The standard InChI is InChI=1S/C16H20ClN3/c1-11-14-7-2-3-8-15(14)16(20-19-11)18-10-13-6-4-5-12(13)9-17/h2-3,7-8,12-13H,4-6,9-10H2,1H3,(H,18,20). The molecule has 3 nitrogen and oxygen atoms in total. The molecule has 1 saturated carbocycles. The summed E-state index contributed by atoms with van der Waals surface area (Å²) in [4.78, 5) is 0. The molecule has 0 spiro atoms. The minimum Gasteiger partial charge on any atom is -0.368 e. The van der Waals surface area contributed by atoms with Gasteiger partial charge in [-0.25, -0.2) is 0 Å². The predicted molar refractivity (Wildman–Crippen MR) is 84.3 cm³/mol. The van der Waals surface area contributed by atoms with E-state index < -0.39 is 0 Å². The zero-order valence-electron chi connectivity index (χ0n) is 11.8. The average Bonchev–Trinajstić information content (AvgIpc) is 2.94. The summed E-state index contributed by atoms with van der Waals surface area (Å²) in [5.74, 6) is 2.97. The molecule has 0 saturated heterocycles. The molecule has 0 radical (unpaired) electrons. The van der Waals surface area contributed by atoms with Crippen molar-refractivity contribution >= 4 is 28.2 Å². The number of rotatable bonds is 4. The van der Waals surface area contributed by atoms with E-state index in [-0.39, 0.29) is 0 Å². The largest absolute Gasteiger partial charge is 0.368 e. The van der Waals surface area contributed by atoms with Crippen molar-refractivity contribution in [1.29, 1.82) is 0 Å². The van der Waals surface area contributed by atoms with Crippen LogP contribution >= 0.6 is 11.6 Å². The first-order valence-corrected chi connectivity index (χ1v) is 7.85. The number of benzene rings is 1. The number of alkyl halides is 1. The quantitative estimate of drug-likeness (QED) is 0.864. The highest BCUT2D eigenvalue weighted by Crippen LogP contribution is 2.33. The molecule has 20 heavy (non-hydrogen) atoms. The number of aryl methyl sites for hydroxylation is 1. The molecule has 0 aliphatic heterocycles. The molecule has 3 rings (SSSR count). The van der Waals surface area contributed by atoms with Gasteiger partial charge in [0.1, 0.15) is 0 Å². The second kappa shape index (κ2) is 5.96. The molecule has 0 bridgehead atoms. The van der Waals surface area contributed by atoms with Crippen LogP contribution in [0.3, 0.4) is 0 Å². The third-order valence-electron chi connectivity index (χ3n) is 4.42.